The van der Waals surface area contributed by atoms with Crippen LogP contribution in [-0.4, -0.2) is 11.8 Å². The molecule has 2 atom stereocenters. The number of nitrogens with zero attached hydrogens (tertiary/aromatic N) is 2. The molecular weight excluding hydrogens is 291 g/mol. The molecule has 98 valence electrons. The molecule has 4 heteroatoms. The Balaban J connectivity index is 2.05. The SMILES string of the molecule is ClC1=c2ccccc2=NC2C1=Nc1ccccc1C2Cl. The molecule has 0 aromatic heterocycles. The van der Waals surface area contributed by atoms with Crippen LogP contribution in [0.15, 0.2) is 58.5 Å². The summed E-state index contributed by atoms with van der Waals surface area (Å²) in [4.78, 5) is 9.40. The maximum Gasteiger partial charge on any atom is 0.115 e. The second kappa shape index (κ2) is 4.44. The summed E-state index contributed by atoms with van der Waals surface area (Å²) in [6.07, 6.45) is 0. The van der Waals surface area contributed by atoms with Crippen LogP contribution in [0.2, 0.25) is 0 Å². The Morgan fingerprint density at radius 2 is 1.70 bits per heavy atom. The summed E-state index contributed by atoms with van der Waals surface area (Å²) >= 11 is 13.1. The van der Waals surface area contributed by atoms with Crippen LogP contribution in [-0.2, 0) is 0 Å². The van der Waals surface area contributed by atoms with Crippen LogP contribution in [0.25, 0.3) is 5.03 Å². The van der Waals surface area contributed by atoms with Crippen LogP contribution in [0.3, 0.4) is 0 Å². The molecule has 0 amide bonds. The second-order valence-electron chi connectivity index (χ2n) is 4.86. The van der Waals surface area contributed by atoms with Crippen LogP contribution in [0.1, 0.15) is 10.9 Å². The van der Waals surface area contributed by atoms with Gasteiger partial charge in [0, 0.05) is 5.22 Å². The Hall–Kier alpha value is -1.64. The smallest absolute Gasteiger partial charge is 0.115 e. The molecule has 2 aliphatic heterocycles. The molecule has 2 heterocycles. The van der Waals surface area contributed by atoms with Crippen molar-refractivity contribution in [1.82, 2.24) is 0 Å². The van der Waals surface area contributed by atoms with Gasteiger partial charge in [-0.15, -0.1) is 11.6 Å². The summed E-state index contributed by atoms with van der Waals surface area (Å²) in [5.41, 5.74) is 2.66. The molecule has 0 spiro atoms. The van der Waals surface area contributed by atoms with Gasteiger partial charge in [-0.05, 0) is 17.7 Å². The van der Waals surface area contributed by atoms with Gasteiger partial charge in [0.15, 0.2) is 0 Å². The molecule has 0 saturated heterocycles. The first-order valence-electron chi connectivity index (χ1n) is 6.40. The van der Waals surface area contributed by atoms with Crippen molar-refractivity contribution >= 4 is 39.6 Å². The first-order chi connectivity index (χ1) is 9.75. The van der Waals surface area contributed by atoms with E-state index in [0.717, 1.165) is 27.5 Å². The lowest BCUT2D eigenvalue weighted by molar-refractivity contribution is 0.780. The Morgan fingerprint density at radius 1 is 0.950 bits per heavy atom. The molecule has 2 aliphatic rings. The van der Waals surface area contributed by atoms with Crippen molar-refractivity contribution in [3.8, 4) is 0 Å². The monoisotopic (exact) mass is 300 g/mol. The van der Waals surface area contributed by atoms with E-state index >= 15 is 0 Å². The van der Waals surface area contributed by atoms with Gasteiger partial charge in [0.25, 0.3) is 0 Å². The molecular formula is C16H10Cl2N2. The molecule has 2 unspecified atom stereocenters. The number of benzene rings is 2. The van der Waals surface area contributed by atoms with Gasteiger partial charge in [-0.2, -0.15) is 0 Å². The Morgan fingerprint density at radius 3 is 2.60 bits per heavy atom. The van der Waals surface area contributed by atoms with Crippen molar-refractivity contribution in [3.05, 3.63) is 64.7 Å². The number of halogens is 2. The highest BCUT2D eigenvalue weighted by molar-refractivity contribution is 6.63. The Kier molecular flexibility index (Phi) is 2.69. The van der Waals surface area contributed by atoms with E-state index in [9.17, 15) is 0 Å². The summed E-state index contributed by atoms with van der Waals surface area (Å²) in [6, 6.07) is 15.5. The fourth-order valence-corrected chi connectivity index (χ4v) is 3.37. The Bertz CT molecular complexity index is 855. The predicted molar refractivity (Wildman–Crippen MR) is 82.4 cm³/mol. The average molecular weight is 301 g/mol. The second-order valence-corrected chi connectivity index (χ2v) is 5.71. The van der Waals surface area contributed by atoms with Gasteiger partial charge in [0.2, 0.25) is 0 Å². The standard InChI is InChI=1S/C16H10Cl2N2/c17-13-9-5-1-3-7-11(9)19-16-14(18)10-6-2-4-8-12(10)20-15(13)16/h1-8,13,15H. The van der Waals surface area contributed by atoms with E-state index in [-0.39, 0.29) is 11.4 Å². The molecule has 2 nitrogen and oxygen atoms in total. The van der Waals surface area contributed by atoms with Crippen LogP contribution >= 0.6 is 23.2 Å². The zero-order valence-corrected chi connectivity index (χ0v) is 11.9. The lowest BCUT2D eigenvalue weighted by atomic mass is 9.94. The topological polar surface area (TPSA) is 24.7 Å². The summed E-state index contributed by atoms with van der Waals surface area (Å²) < 4.78 is 0. The maximum atomic E-state index is 6.61. The van der Waals surface area contributed by atoms with Crippen LogP contribution < -0.4 is 10.6 Å². The lowest BCUT2D eigenvalue weighted by Crippen LogP contribution is -2.41. The minimum absolute atomic E-state index is 0.214. The molecule has 4 rings (SSSR count). The van der Waals surface area contributed by atoms with Crippen LogP contribution in [0, 0.1) is 0 Å². The maximum absolute atomic E-state index is 6.61. The third kappa shape index (κ3) is 1.65. The third-order valence-electron chi connectivity index (χ3n) is 3.68. The van der Waals surface area contributed by atoms with Gasteiger partial charge in [0.05, 0.1) is 27.2 Å². The van der Waals surface area contributed by atoms with E-state index in [1.807, 2.05) is 48.5 Å². The lowest BCUT2D eigenvalue weighted by Gasteiger charge is -2.28. The van der Waals surface area contributed by atoms with E-state index < -0.39 is 0 Å². The van der Waals surface area contributed by atoms with Gasteiger partial charge < -0.3 is 0 Å². The number of rotatable bonds is 0. The summed E-state index contributed by atoms with van der Waals surface area (Å²) in [5, 5.41) is 2.22. The molecule has 2 aromatic carbocycles. The van der Waals surface area contributed by atoms with Crippen molar-refractivity contribution in [2.75, 3.05) is 0 Å². The highest BCUT2D eigenvalue weighted by Gasteiger charge is 2.34. The van der Waals surface area contributed by atoms with E-state index in [2.05, 4.69) is 4.99 Å². The van der Waals surface area contributed by atoms with Gasteiger partial charge >= 0.3 is 0 Å². The molecule has 0 radical (unpaired) electrons. The van der Waals surface area contributed by atoms with Gasteiger partial charge in [-0.3, -0.25) is 4.99 Å². The number of hydrogen-bond donors (Lipinski definition) is 0. The van der Waals surface area contributed by atoms with E-state index in [0.29, 0.717) is 5.03 Å². The number of hydrogen-bond acceptors (Lipinski definition) is 2. The van der Waals surface area contributed by atoms with Crippen molar-refractivity contribution in [2.24, 2.45) is 9.98 Å². The highest BCUT2D eigenvalue weighted by Crippen LogP contribution is 2.40. The number of fused-ring (bicyclic) bond motifs is 3. The summed E-state index contributed by atoms with van der Waals surface area (Å²) in [6.45, 7) is 0. The number of para-hydroxylation sites is 2. The normalized spacial score (nSPS) is 23.1. The summed E-state index contributed by atoms with van der Waals surface area (Å²) in [5.74, 6) is 0. The van der Waals surface area contributed by atoms with Crippen molar-refractivity contribution in [1.29, 1.82) is 0 Å². The zero-order chi connectivity index (χ0) is 13.7. The first kappa shape index (κ1) is 12.1. The minimum Gasteiger partial charge on any atom is -0.273 e. The van der Waals surface area contributed by atoms with E-state index in [1.165, 1.54) is 0 Å². The summed E-state index contributed by atoms with van der Waals surface area (Å²) in [7, 11) is 0. The largest absolute Gasteiger partial charge is 0.273 e. The minimum atomic E-state index is -0.235. The van der Waals surface area contributed by atoms with Gasteiger partial charge in [-0.25, -0.2) is 4.99 Å². The molecule has 0 fully saturated rings. The predicted octanol–water partition coefficient (Wildman–Crippen LogP) is 3.10. The molecule has 20 heavy (non-hydrogen) atoms. The third-order valence-corrected chi connectivity index (χ3v) is 4.55. The quantitative estimate of drug-likeness (QED) is 0.668. The van der Waals surface area contributed by atoms with Gasteiger partial charge in [0.1, 0.15) is 6.04 Å². The average Bonchev–Trinajstić information content (AvgIpc) is 2.49. The molecule has 2 aromatic rings. The van der Waals surface area contributed by atoms with Gasteiger partial charge in [-0.1, -0.05) is 48.0 Å². The molecule has 0 saturated carbocycles. The Labute approximate surface area is 126 Å². The number of alkyl halides is 1. The molecule has 0 N–H and O–H groups in total. The first-order valence-corrected chi connectivity index (χ1v) is 7.22. The molecule has 0 bridgehead atoms. The highest BCUT2D eigenvalue weighted by atomic mass is 35.5. The van der Waals surface area contributed by atoms with Crippen molar-refractivity contribution in [2.45, 2.75) is 11.4 Å². The van der Waals surface area contributed by atoms with Crippen molar-refractivity contribution in [3.63, 3.8) is 0 Å². The van der Waals surface area contributed by atoms with E-state index in [1.54, 1.807) is 0 Å². The fourth-order valence-electron chi connectivity index (χ4n) is 2.69. The van der Waals surface area contributed by atoms with Crippen molar-refractivity contribution < 1.29 is 0 Å². The fraction of sp³-hybridized carbons (Fsp3) is 0.125. The van der Waals surface area contributed by atoms with Crippen LogP contribution in [0.4, 0.5) is 5.69 Å². The number of aliphatic imine (C=N–C) groups is 1. The molecule has 0 aliphatic carbocycles. The zero-order valence-electron chi connectivity index (χ0n) is 10.4. The van der Waals surface area contributed by atoms with E-state index in [4.69, 9.17) is 28.2 Å². The van der Waals surface area contributed by atoms with Crippen LogP contribution in [0.5, 0.6) is 0 Å².